The van der Waals surface area contributed by atoms with E-state index in [9.17, 15) is 0 Å². The van der Waals surface area contributed by atoms with Crippen LogP contribution in [-0.4, -0.2) is 30.3 Å². The van der Waals surface area contributed by atoms with Crippen LogP contribution < -0.4 is 5.32 Å². The molecule has 0 aliphatic carbocycles. The fourth-order valence-electron chi connectivity index (χ4n) is 2.13. The summed E-state index contributed by atoms with van der Waals surface area (Å²) in [5, 5.41) is 3.60. The maximum absolute atomic E-state index is 5.52. The zero-order chi connectivity index (χ0) is 11.3. The van der Waals surface area contributed by atoms with Gasteiger partial charge in [0, 0.05) is 24.5 Å². The molecule has 1 aromatic rings. The Morgan fingerprint density at radius 2 is 2.25 bits per heavy atom. The van der Waals surface area contributed by atoms with Crippen LogP contribution in [0.3, 0.4) is 0 Å². The first-order chi connectivity index (χ1) is 7.79. The van der Waals surface area contributed by atoms with Crippen molar-refractivity contribution in [3.05, 3.63) is 30.1 Å². The molecule has 1 unspecified atom stereocenters. The van der Waals surface area contributed by atoms with Gasteiger partial charge in [-0.2, -0.15) is 0 Å². The van der Waals surface area contributed by atoms with Crippen LogP contribution in [-0.2, 0) is 11.2 Å². The van der Waals surface area contributed by atoms with Gasteiger partial charge in [-0.1, -0.05) is 0 Å². The number of hydrogen-bond acceptors (Lipinski definition) is 3. The summed E-state index contributed by atoms with van der Waals surface area (Å²) in [7, 11) is 0. The molecule has 3 nitrogen and oxygen atoms in total. The predicted molar refractivity (Wildman–Crippen MR) is 64.4 cm³/mol. The van der Waals surface area contributed by atoms with E-state index in [1.165, 1.54) is 18.4 Å². The van der Waals surface area contributed by atoms with E-state index in [4.69, 9.17) is 4.74 Å². The molecule has 1 saturated heterocycles. The monoisotopic (exact) mass is 220 g/mol. The van der Waals surface area contributed by atoms with Crippen molar-refractivity contribution in [3.63, 3.8) is 0 Å². The normalized spacial score (nSPS) is 25.6. The minimum Gasteiger partial charge on any atom is -0.380 e. The van der Waals surface area contributed by atoms with Gasteiger partial charge in [0.05, 0.1) is 6.61 Å². The van der Waals surface area contributed by atoms with E-state index < -0.39 is 0 Å². The maximum atomic E-state index is 5.52. The smallest absolute Gasteiger partial charge is 0.0645 e. The topological polar surface area (TPSA) is 34.2 Å². The number of aromatic nitrogens is 1. The van der Waals surface area contributed by atoms with E-state index in [-0.39, 0.29) is 5.54 Å². The first kappa shape index (κ1) is 11.6. The highest BCUT2D eigenvalue weighted by atomic mass is 16.5. The predicted octanol–water partition coefficient (Wildman–Crippen LogP) is 1.78. The van der Waals surface area contributed by atoms with E-state index >= 15 is 0 Å². The molecule has 0 spiro atoms. The zero-order valence-electron chi connectivity index (χ0n) is 9.91. The second-order valence-electron chi connectivity index (χ2n) is 4.75. The standard InChI is InChI=1S/C13H20N2O/c1-13(6-2-10-16-11-13)15-9-5-12-3-7-14-8-4-12/h3-4,7-8,15H,2,5-6,9-11H2,1H3. The molecule has 1 N–H and O–H groups in total. The highest BCUT2D eigenvalue weighted by molar-refractivity contribution is 5.10. The van der Waals surface area contributed by atoms with Crippen molar-refractivity contribution in [2.24, 2.45) is 0 Å². The van der Waals surface area contributed by atoms with E-state index in [1.807, 2.05) is 12.4 Å². The molecule has 1 fully saturated rings. The summed E-state index contributed by atoms with van der Waals surface area (Å²) < 4.78 is 5.52. The molecule has 2 rings (SSSR count). The first-order valence-electron chi connectivity index (χ1n) is 6.00. The molecule has 1 atom stereocenters. The van der Waals surface area contributed by atoms with Crippen molar-refractivity contribution in [1.29, 1.82) is 0 Å². The van der Waals surface area contributed by atoms with Gasteiger partial charge < -0.3 is 10.1 Å². The lowest BCUT2D eigenvalue weighted by Crippen LogP contribution is -2.49. The van der Waals surface area contributed by atoms with Crippen molar-refractivity contribution >= 4 is 0 Å². The van der Waals surface area contributed by atoms with Gasteiger partial charge in [0.15, 0.2) is 0 Å². The highest BCUT2D eigenvalue weighted by Crippen LogP contribution is 2.17. The van der Waals surface area contributed by atoms with Gasteiger partial charge in [-0.3, -0.25) is 4.98 Å². The lowest BCUT2D eigenvalue weighted by atomic mass is 9.94. The lowest BCUT2D eigenvalue weighted by molar-refractivity contribution is 0.0289. The van der Waals surface area contributed by atoms with Gasteiger partial charge in [-0.15, -0.1) is 0 Å². The molecule has 3 heteroatoms. The van der Waals surface area contributed by atoms with Crippen LogP contribution in [0.2, 0.25) is 0 Å². The molecule has 2 heterocycles. The minimum absolute atomic E-state index is 0.172. The summed E-state index contributed by atoms with van der Waals surface area (Å²) in [6.45, 7) is 5.01. The van der Waals surface area contributed by atoms with Gasteiger partial charge >= 0.3 is 0 Å². The Morgan fingerprint density at radius 1 is 1.44 bits per heavy atom. The Morgan fingerprint density at radius 3 is 2.94 bits per heavy atom. The Hall–Kier alpha value is -0.930. The molecule has 88 valence electrons. The SMILES string of the molecule is CC1(NCCc2ccncc2)CCCOC1. The Balaban J connectivity index is 1.75. The van der Waals surface area contributed by atoms with Gasteiger partial charge in [0.25, 0.3) is 0 Å². The summed E-state index contributed by atoms with van der Waals surface area (Å²) in [5.74, 6) is 0. The minimum atomic E-state index is 0.172. The van der Waals surface area contributed by atoms with Crippen LogP contribution in [0.15, 0.2) is 24.5 Å². The fourth-order valence-corrected chi connectivity index (χ4v) is 2.13. The van der Waals surface area contributed by atoms with Crippen molar-refractivity contribution in [1.82, 2.24) is 10.3 Å². The second kappa shape index (κ2) is 5.41. The number of rotatable bonds is 4. The molecular formula is C13H20N2O. The van der Waals surface area contributed by atoms with Crippen LogP contribution in [0, 0.1) is 0 Å². The molecule has 0 radical (unpaired) electrons. The molecule has 0 aromatic carbocycles. The summed E-state index contributed by atoms with van der Waals surface area (Å²) >= 11 is 0. The van der Waals surface area contributed by atoms with Crippen molar-refractivity contribution in [2.45, 2.75) is 31.7 Å². The van der Waals surface area contributed by atoms with E-state index in [2.05, 4.69) is 29.4 Å². The van der Waals surface area contributed by atoms with Crippen molar-refractivity contribution < 1.29 is 4.74 Å². The molecule has 0 saturated carbocycles. The molecule has 16 heavy (non-hydrogen) atoms. The molecule has 1 aliphatic heterocycles. The van der Waals surface area contributed by atoms with Crippen molar-refractivity contribution in [3.8, 4) is 0 Å². The average Bonchev–Trinajstić information content (AvgIpc) is 2.31. The van der Waals surface area contributed by atoms with Crippen LogP contribution in [0.1, 0.15) is 25.3 Å². The number of nitrogens with zero attached hydrogens (tertiary/aromatic N) is 1. The molecule has 1 aliphatic rings. The highest BCUT2D eigenvalue weighted by Gasteiger charge is 2.26. The third kappa shape index (κ3) is 3.29. The third-order valence-electron chi connectivity index (χ3n) is 3.15. The molecule has 0 bridgehead atoms. The summed E-state index contributed by atoms with van der Waals surface area (Å²) in [6.07, 6.45) is 7.13. The largest absolute Gasteiger partial charge is 0.380 e. The van der Waals surface area contributed by atoms with Crippen LogP contribution in [0.5, 0.6) is 0 Å². The summed E-state index contributed by atoms with van der Waals surface area (Å²) in [4.78, 5) is 4.02. The average molecular weight is 220 g/mol. The molecule has 1 aromatic heterocycles. The molecular weight excluding hydrogens is 200 g/mol. The Labute approximate surface area is 97.2 Å². The third-order valence-corrected chi connectivity index (χ3v) is 3.15. The van der Waals surface area contributed by atoms with Gasteiger partial charge in [0.2, 0.25) is 0 Å². The Kier molecular flexibility index (Phi) is 3.91. The maximum Gasteiger partial charge on any atom is 0.0645 e. The quantitative estimate of drug-likeness (QED) is 0.840. The summed E-state index contributed by atoms with van der Waals surface area (Å²) in [6, 6.07) is 4.14. The van der Waals surface area contributed by atoms with E-state index in [0.717, 1.165) is 26.2 Å². The zero-order valence-corrected chi connectivity index (χ0v) is 9.91. The number of pyridine rings is 1. The summed E-state index contributed by atoms with van der Waals surface area (Å²) in [5.41, 5.74) is 1.51. The lowest BCUT2D eigenvalue weighted by Gasteiger charge is -2.34. The van der Waals surface area contributed by atoms with E-state index in [1.54, 1.807) is 0 Å². The fraction of sp³-hybridized carbons (Fsp3) is 0.615. The number of nitrogens with one attached hydrogen (secondary N) is 1. The molecule has 0 amide bonds. The first-order valence-corrected chi connectivity index (χ1v) is 6.00. The van der Waals surface area contributed by atoms with Gasteiger partial charge in [-0.05, 0) is 50.4 Å². The second-order valence-corrected chi connectivity index (χ2v) is 4.75. The van der Waals surface area contributed by atoms with Gasteiger partial charge in [-0.25, -0.2) is 0 Å². The van der Waals surface area contributed by atoms with Crippen LogP contribution >= 0.6 is 0 Å². The van der Waals surface area contributed by atoms with Gasteiger partial charge in [0.1, 0.15) is 0 Å². The van der Waals surface area contributed by atoms with Crippen LogP contribution in [0.4, 0.5) is 0 Å². The Bertz CT molecular complexity index is 307. The number of ether oxygens (including phenoxy) is 1. The van der Waals surface area contributed by atoms with E-state index in [0.29, 0.717) is 0 Å². The number of hydrogen-bond donors (Lipinski definition) is 1. The van der Waals surface area contributed by atoms with Crippen molar-refractivity contribution in [2.75, 3.05) is 19.8 Å². The van der Waals surface area contributed by atoms with Crippen LogP contribution in [0.25, 0.3) is 0 Å².